The van der Waals surface area contributed by atoms with E-state index in [0.717, 1.165) is 25.7 Å². The summed E-state index contributed by atoms with van der Waals surface area (Å²) in [6.45, 7) is 0. The number of hydrogen-bond acceptors (Lipinski definition) is 3. The lowest BCUT2D eigenvalue weighted by Crippen LogP contribution is -2.47. The molecule has 0 aromatic carbocycles. The zero-order chi connectivity index (χ0) is 14.5. The van der Waals surface area contributed by atoms with Gasteiger partial charge in [0.25, 0.3) is 0 Å². The number of carbonyl (C=O) groups excluding carboxylic acids is 1. The summed E-state index contributed by atoms with van der Waals surface area (Å²) < 4.78 is 23.7. The quantitative estimate of drug-likeness (QED) is 0.744. The molecular weight excluding hydrogens is 274 g/mol. The molecule has 0 aliphatic heterocycles. The Labute approximate surface area is 121 Å². The van der Waals surface area contributed by atoms with Crippen molar-refractivity contribution in [3.05, 3.63) is 12.2 Å². The van der Waals surface area contributed by atoms with Gasteiger partial charge in [0.15, 0.2) is 9.84 Å². The summed E-state index contributed by atoms with van der Waals surface area (Å²) in [7, 11) is -1.27. The van der Waals surface area contributed by atoms with E-state index in [1.807, 2.05) is 0 Å². The highest BCUT2D eigenvalue weighted by atomic mass is 32.2. The number of carbonyl (C=O) groups is 1. The molecule has 20 heavy (non-hydrogen) atoms. The first-order chi connectivity index (χ1) is 9.38. The summed E-state index contributed by atoms with van der Waals surface area (Å²) in [4.78, 5) is 14.4. The first-order valence-corrected chi connectivity index (χ1v) is 9.47. The van der Waals surface area contributed by atoms with E-state index in [-0.39, 0.29) is 23.1 Å². The fourth-order valence-electron chi connectivity index (χ4n) is 4.34. The smallest absolute Gasteiger partial charge is 0.226 e. The predicted molar refractivity (Wildman–Crippen MR) is 77.9 cm³/mol. The molecule has 3 aliphatic carbocycles. The van der Waals surface area contributed by atoms with Crippen LogP contribution in [0.4, 0.5) is 0 Å². The second-order valence-corrected chi connectivity index (χ2v) is 8.97. The molecule has 112 valence electrons. The van der Waals surface area contributed by atoms with E-state index >= 15 is 0 Å². The van der Waals surface area contributed by atoms with Crippen LogP contribution in [-0.2, 0) is 14.6 Å². The van der Waals surface area contributed by atoms with Gasteiger partial charge in [-0.25, -0.2) is 8.42 Å². The second kappa shape index (κ2) is 4.86. The van der Waals surface area contributed by atoms with Crippen LogP contribution >= 0.6 is 0 Å². The fourth-order valence-corrected chi connectivity index (χ4v) is 5.82. The van der Waals surface area contributed by atoms with Crippen LogP contribution < -0.4 is 0 Å². The maximum atomic E-state index is 12.7. The van der Waals surface area contributed by atoms with Crippen molar-refractivity contribution in [3.8, 4) is 0 Å². The Kier molecular flexibility index (Phi) is 3.43. The van der Waals surface area contributed by atoms with Gasteiger partial charge in [0.05, 0.1) is 5.25 Å². The summed E-state index contributed by atoms with van der Waals surface area (Å²) in [5, 5.41) is -0.370. The van der Waals surface area contributed by atoms with Gasteiger partial charge >= 0.3 is 0 Å². The normalized spacial score (nSPS) is 39.4. The molecule has 2 fully saturated rings. The first kappa shape index (κ1) is 14.1. The number of allylic oxidation sites excluding steroid dienone is 2. The molecule has 2 saturated carbocycles. The van der Waals surface area contributed by atoms with Crippen molar-refractivity contribution >= 4 is 15.7 Å². The van der Waals surface area contributed by atoms with Gasteiger partial charge in [-0.1, -0.05) is 12.2 Å². The standard InChI is InChI=1S/C15H23NO3S/c1-16(13-4-3-5-14(13)20(2,18)19)15(17)12-9-10-6-7-11(12)8-10/h6-7,10-14H,3-5,8-9H2,1-2H3. The van der Waals surface area contributed by atoms with Gasteiger partial charge in [-0.05, 0) is 43.9 Å². The Morgan fingerprint density at radius 1 is 1.20 bits per heavy atom. The molecule has 0 aromatic heterocycles. The molecule has 0 N–H and O–H groups in total. The Morgan fingerprint density at radius 2 is 1.95 bits per heavy atom. The van der Waals surface area contributed by atoms with Crippen molar-refractivity contribution in [2.24, 2.45) is 17.8 Å². The van der Waals surface area contributed by atoms with Gasteiger partial charge in [-0.2, -0.15) is 0 Å². The van der Waals surface area contributed by atoms with Gasteiger partial charge in [0.2, 0.25) is 5.91 Å². The van der Waals surface area contributed by atoms with Gasteiger partial charge in [0, 0.05) is 25.3 Å². The largest absolute Gasteiger partial charge is 0.341 e. The number of hydrogen-bond donors (Lipinski definition) is 0. The number of rotatable bonds is 3. The van der Waals surface area contributed by atoms with Crippen LogP contribution in [0.15, 0.2) is 12.2 Å². The zero-order valence-corrected chi connectivity index (χ0v) is 13.0. The average molecular weight is 297 g/mol. The number of amides is 1. The first-order valence-electron chi connectivity index (χ1n) is 7.52. The topological polar surface area (TPSA) is 54.5 Å². The molecule has 0 aromatic rings. The van der Waals surface area contributed by atoms with E-state index < -0.39 is 9.84 Å². The number of sulfone groups is 1. The van der Waals surface area contributed by atoms with Gasteiger partial charge < -0.3 is 4.90 Å². The summed E-state index contributed by atoms with van der Waals surface area (Å²) in [6, 6.07) is -0.124. The van der Waals surface area contributed by atoms with E-state index in [2.05, 4.69) is 12.2 Å². The van der Waals surface area contributed by atoms with Crippen LogP contribution in [0.25, 0.3) is 0 Å². The maximum absolute atomic E-state index is 12.7. The molecule has 0 heterocycles. The minimum absolute atomic E-state index is 0.0795. The van der Waals surface area contributed by atoms with E-state index in [1.165, 1.54) is 6.26 Å². The van der Waals surface area contributed by atoms with Gasteiger partial charge in [-0.3, -0.25) is 4.79 Å². The third-order valence-electron chi connectivity index (χ3n) is 5.41. The van der Waals surface area contributed by atoms with Crippen molar-refractivity contribution in [1.29, 1.82) is 0 Å². The Bertz CT molecular complexity index is 539. The van der Waals surface area contributed by atoms with Crippen molar-refractivity contribution in [1.82, 2.24) is 4.90 Å². The highest BCUT2D eigenvalue weighted by molar-refractivity contribution is 7.91. The molecule has 5 unspecified atom stereocenters. The van der Waals surface area contributed by atoms with Crippen molar-refractivity contribution < 1.29 is 13.2 Å². The molecule has 2 bridgehead atoms. The summed E-state index contributed by atoms with van der Waals surface area (Å²) in [5.74, 6) is 1.18. The SMILES string of the molecule is CN(C(=O)C1CC2C=CC1C2)C1CCCC1S(C)(=O)=O. The molecule has 5 heteroatoms. The van der Waals surface area contributed by atoms with Crippen LogP contribution in [0.5, 0.6) is 0 Å². The molecule has 0 saturated heterocycles. The lowest BCUT2D eigenvalue weighted by atomic mass is 9.92. The summed E-state index contributed by atoms with van der Waals surface area (Å²) >= 11 is 0. The van der Waals surface area contributed by atoms with E-state index in [4.69, 9.17) is 0 Å². The lowest BCUT2D eigenvalue weighted by Gasteiger charge is -2.32. The molecule has 0 spiro atoms. The van der Waals surface area contributed by atoms with E-state index in [1.54, 1.807) is 11.9 Å². The average Bonchev–Trinajstić information content (AvgIpc) is 3.10. The minimum Gasteiger partial charge on any atom is -0.341 e. The second-order valence-electron chi connectivity index (χ2n) is 6.70. The number of nitrogens with zero attached hydrogens (tertiary/aromatic N) is 1. The van der Waals surface area contributed by atoms with Crippen LogP contribution in [0.1, 0.15) is 32.1 Å². The van der Waals surface area contributed by atoms with Crippen molar-refractivity contribution in [2.45, 2.75) is 43.4 Å². The van der Waals surface area contributed by atoms with Crippen LogP contribution in [0.2, 0.25) is 0 Å². The number of fused-ring (bicyclic) bond motifs is 2. The van der Waals surface area contributed by atoms with Crippen LogP contribution in [-0.4, -0.2) is 43.8 Å². The zero-order valence-electron chi connectivity index (χ0n) is 12.2. The molecular formula is C15H23NO3S. The molecule has 0 radical (unpaired) electrons. The van der Waals surface area contributed by atoms with Gasteiger partial charge in [-0.15, -0.1) is 0 Å². The monoisotopic (exact) mass is 297 g/mol. The summed E-state index contributed by atoms with van der Waals surface area (Å²) in [5.41, 5.74) is 0. The van der Waals surface area contributed by atoms with Gasteiger partial charge in [0.1, 0.15) is 0 Å². The van der Waals surface area contributed by atoms with Crippen LogP contribution in [0.3, 0.4) is 0 Å². The Balaban J connectivity index is 1.74. The molecule has 5 atom stereocenters. The minimum atomic E-state index is -3.07. The fraction of sp³-hybridized carbons (Fsp3) is 0.800. The molecule has 1 amide bonds. The predicted octanol–water partition coefficient (Wildman–Crippen LogP) is 1.62. The third kappa shape index (κ3) is 2.30. The Hall–Kier alpha value is -0.840. The molecule has 3 aliphatic rings. The highest BCUT2D eigenvalue weighted by Gasteiger charge is 2.45. The summed E-state index contributed by atoms with van der Waals surface area (Å²) in [6.07, 6.45) is 10.2. The molecule has 4 nitrogen and oxygen atoms in total. The third-order valence-corrected chi connectivity index (χ3v) is 7.06. The van der Waals surface area contributed by atoms with E-state index in [0.29, 0.717) is 18.3 Å². The van der Waals surface area contributed by atoms with Crippen molar-refractivity contribution in [3.63, 3.8) is 0 Å². The Morgan fingerprint density at radius 3 is 2.50 bits per heavy atom. The lowest BCUT2D eigenvalue weighted by molar-refractivity contribution is -0.136. The van der Waals surface area contributed by atoms with E-state index in [9.17, 15) is 13.2 Å². The molecule has 3 rings (SSSR count). The van der Waals surface area contributed by atoms with Crippen molar-refractivity contribution in [2.75, 3.05) is 13.3 Å². The maximum Gasteiger partial charge on any atom is 0.226 e. The highest BCUT2D eigenvalue weighted by Crippen LogP contribution is 2.44. The van der Waals surface area contributed by atoms with Crippen LogP contribution in [0, 0.1) is 17.8 Å².